The van der Waals surface area contributed by atoms with E-state index in [0.717, 1.165) is 12.8 Å². The fourth-order valence-corrected chi connectivity index (χ4v) is 7.80. The summed E-state index contributed by atoms with van der Waals surface area (Å²) in [7, 11) is -2.32. The van der Waals surface area contributed by atoms with E-state index in [9.17, 15) is 13.2 Å². The van der Waals surface area contributed by atoms with Crippen molar-refractivity contribution in [1.82, 2.24) is 0 Å². The van der Waals surface area contributed by atoms with Gasteiger partial charge in [-0.1, -0.05) is 89.0 Å². The molecule has 0 bridgehead atoms. The first kappa shape index (κ1) is 30.2. The molecule has 1 N–H and O–H groups in total. The van der Waals surface area contributed by atoms with Gasteiger partial charge in [0.1, 0.15) is 23.6 Å². The van der Waals surface area contributed by atoms with Crippen LogP contribution in [0.25, 0.3) is 0 Å². The minimum Gasteiger partial charge on any atom is -0.495 e. The van der Waals surface area contributed by atoms with Gasteiger partial charge in [0.25, 0.3) is 0 Å². The number of benzene rings is 2. The molecule has 4 rings (SSSR count). The number of unbranched alkanes of at least 4 members (excludes halogenated alkanes) is 9. The average molecular weight is 571 g/mol. The number of rotatable bonds is 16. The quantitative estimate of drug-likeness (QED) is 0.174. The van der Waals surface area contributed by atoms with E-state index in [2.05, 4.69) is 12.2 Å². The predicted molar refractivity (Wildman–Crippen MR) is 158 cm³/mol. The minimum absolute atomic E-state index is 0.163. The van der Waals surface area contributed by atoms with Gasteiger partial charge in [0, 0.05) is 0 Å². The molecule has 2 atom stereocenters. The molecular weight excluding hydrogens is 526 g/mol. The second kappa shape index (κ2) is 14.2. The van der Waals surface area contributed by atoms with E-state index >= 15 is 0 Å². The van der Waals surface area contributed by atoms with Crippen molar-refractivity contribution in [2.45, 2.75) is 95.1 Å². The number of carbonyl (C=O) groups is 1. The number of amidine groups is 1. The highest BCUT2D eigenvalue weighted by Crippen LogP contribution is 2.46. The van der Waals surface area contributed by atoms with Gasteiger partial charge in [-0.05, 0) is 30.7 Å². The molecule has 1 fully saturated rings. The highest BCUT2D eigenvalue weighted by Gasteiger charge is 2.63. The number of hydrogen-bond acceptors (Lipinski definition) is 6. The minimum atomic E-state index is -3.86. The molecule has 2 heterocycles. The van der Waals surface area contributed by atoms with Crippen LogP contribution in [0.5, 0.6) is 5.75 Å². The number of methoxy groups -OCH3 is 1. The van der Waals surface area contributed by atoms with Crippen LogP contribution in [0.3, 0.4) is 0 Å². The van der Waals surface area contributed by atoms with Crippen molar-refractivity contribution < 1.29 is 26.6 Å². The van der Waals surface area contributed by atoms with E-state index in [0.29, 0.717) is 42.5 Å². The molecule has 2 aromatic rings. The molecule has 40 heavy (non-hydrogen) atoms. The topological polar surface area (TPSA) is 94.1 Å². The van der Waals surface area contributed by atoms with E-state index in [1.807, 2.05) is 6.07 Å². The summed E-state index contributed by atoms with van der Waals surface area (Å²) in [6, 6.07) is 13.9. The first-order chi connectivity index (χ1) is 19.4. The van der Waals surface area contributed by atoms with Crippen LogP contribution >= 0.6 is 0 Å². The third-order valence-electron chi connectivity index (χ3n) is 7.94. The molecule has 0 saturated carbocycles. The Morgan fingerprint density at radius 1 is 0.950 bits per heavy atom. The van der Waals surface area contributed by atoms with Crippen LogP contribution in [0.15, 0.2) is 58.4 Å². The van der Waals surface area contributed by atoms with Gasteiger partial charge in [-0.3, -0.25) is 4.79 Å². The normalized spacial score (nSPS) is 20.9. The lowest BCUT2D eigenvalue weighted by molar-refractivity contribution is -0.826. The Bertz CT molecular complexity index is 1280. The van der Waals surface area contributed by atoms with Gasteiger partial charge >= 0.3 is 10.0 Å². The molecule has 2 aliphatic heterocycles. The summed E-state index contributed by atoms with van der Waals surface area (Å²) in [5.74, 6) is 0.478. The maximum atomic E-state index is 14.0. The standard InChI is InChI=1S/C31H43N3O5S/c1-3-4-5-6-7-8-9-10-11-16-23-39-31-21-22-34(31)29(32-26-18-13-15-20-28(26)40(34,36)37)24-30(35)33-25-17-12-14-19-27(25)38-2/h12-15,17-20,31H,3-11,16,21-24H2,1-2H3/p+1. The van der Waals surface area contributed by atoms with E-state index in [-0.39, 0.29) is 17.2 Å². The number of para-hydroxylation sites is 3. The van der Waals surface area contributed by atoms with E-state index in [1.165, 1.54) is 58.5 Å². The highest BCUT2D eigenvalue weighted by molar-refractivity contribution is 7.86. The maximum absolute atomic E-state index is 14.0. The average Bonchev–Trinajstić information content (AvgIpc) is 2.93. The van der Waals surface area contributed by atoms with Crippen LogP contribution in [0, 0.1) is 0 Å². The number of ether oxygens (including phenoxy) is 2. The number of anilines is 1. The molecule has 1 amide bonds. The number of fused-ring (bicyclic) bond motifs is 1. The van der Waals surface area contributed by atoms with Crippen molar-refractivity contribution in [3.63, 3.8) is 0 Å². The number of carbonyl (C=O) groups excluding carboxylic acids is 1. The summed E-state index contributed by atoms with van der Waals surface area (Å²) >= 11 is 0. The zero-order chi connectivity index (χ0) is 28.4. The van der Waals surface area contributed by atoms with Crippen LogP contribution in [0.1, 0.15) is 84.0 Å². The third kappa shape index (κ3) is 6.58. The SMILES string of the molecule is CCCCCCCCCCCCOC1CC[N+]12C(CC(=O)Nc1ccccc1OC)=Nc1ccccc1S2(=O)=O. The molecule has 9 heteroatoms. The number of sulfonamides is 1. The van der Waals surface area contributed by atoms with Gasteiger partial charge in [-0.25, -0.2) is 0 Å². The van der Waals surface area contributed by atoms with Crippen LogP contribution in [0.2, 0.25) is 0 Å². The second-order valence-corrected chi connectivity index (χ2v) is 12.8. The van der Waals surface area contributed by atoms with Crippen molar-refractivity contribution in [2.24, 2.45) is 4.99 Å². The van der Waals surface area contributed by atoms with Crippen molar-refractivity contribution in [3.8, 4) is 5.75 Å². The van der Waals surface area contributed by atoms with Gasteiger partial charge in [0.2, 0.25) is 18.0 Å². The van der Waals surface area contributed by atoms with Crippen LogP contribution in [-0.4, -0.2) is 50.5 Å². The Hall–Kier alpha value is -2.75. The molecule has 218 valence electrons. The summed E-state index contributed by atoms with van der Waals surface area (Å²) in [5.41, 5.74) is 0.894. The van der Waals surface area contributed by atoms with Crippen molar-refractivity contribution in [3.05, 3.63) is 48.5 Å². The third-order valence-corrected chi connectivity index (χ3v) is 10.3. The molecule has 8 nitrogen and oxygen atoms in total. The fourth-order valence-electron chi connectivity index (χ4n) is 5.62. The summed E-state index contributed by atoms with van der Waals surface area (Å²) in [5, 5.41) is 2.86. The molecule has 2 aromatic carbocycles. The Labute approximate surface area is 239 Å². The van der Waals surface area contributed by atoms with Gasteiger partial charge in [0.05, 0.1) is 31.5 Å². The Morgan fingerprint density at radius 3 is 2.27 bits per heavy atom. The zero-order valence-electron chi connectivity index (χ0n) is 23.9. The van der Waals surface area contributed by atoms with Crippen LogP contribution in [-0.2, 0) is 19.6 Å². The molecule has 1 spiro atoms. The van der Waals surface area contributed by atoms with Gasteiger partial charge in [-0.2, -0.15) is 13.4 Å². The lowest BCUT2D eigenvalue weighted by Gasteiger charge is -2.50. The zero-order valence-corrected chi connectivity index (χ0v) is 24.8. The van der Waals surface area contributed by atoms with Gasteiger partial charge < -0.3 is 14.8 Å². The summed E-state index contributed by atoms with van der Waals surface area (Å²) < 4.78 is 39.2. The van der Waals surface area contributed by atoms with Crippen molar-refractivity contribution in [2.75, 3.05) is 25.6 Å². The molecule has 1 saturated heterocycles. The van der Waals surface area contributed by atoms with E-state index < -0.39 is 20.1 Å². The Kier molecular flexibility index (Phi) is 10.8. The fraction of sp³-hybridized carbons (Fsp3) is 0.548. The number of nitrogens with one attached hydrogen (secondary N) is 1. The maximum Gasteiger partial charge on any atom is 0.337 e. The Morgan fingerprint density at radius 2 is 1.60 bits per heavy atom. The van der Waals surface area contributed by atoms with Crippen LogP contribution < -0.4 is 10.1 Å². The van der Waals surface area contributed by atoms with Gasteiger partial charge in [-0.15, -0.1) is 3.89 Å². The number of nitrogens with zero attached hydrogens (tertiary/aromatic N) is 2. The smallest absolute Gasteiger partial charge is 0.337 e. The molecule has 2 unspecified atom stereocenters. The summed E-state index contributed by atoms with van der Waals surface area (Å²) in [6.07, 6.45) is 12.1. The lowest BCUT2D eigenvalue weighted by Crippen LogP contribution is -2.72. The Balaban J connectivity index is 1.39. The largest absolute Gasteiger partial charge is 0.495 e. The number of amides is 1. The molecule has 0 radical (unpaired) electrons. The van der Waals surface area contributed by atoms with Crippen molar-refractivity contribution in [1.29, 1.82) is 0 Å². The van der Waals surface area contributed by atoms with Crippen molar-refractivity contribution >= 4 is 33.1 Å². The predicted octanol–water partition coefficient (Wildman–Crippen LogP) is 6.94. The number of hydrogen-bond donors (Lipinski definition) is 1. The van der Waals surface area contributed by atoms with Crippen LogP contribution in [0.4, 0.5) is 11.4 Å². The number of aliphatic imine (C=N–C) groups is 1. The van der Waals surface area contributed by atoms with E-state index in [4.69, 9.17) is 14.5 Å². The lowest BCUT2D eigenvalue weighted by atomic mass is 10.1. The summed E-state index contributed by atoms with van der Waals surface area (Å²) in [6.45, 7) is 3.07. The molecular formula is C31H44N3O5S+. The van der Waals surface area contributed by atoms with Gasteiger partial charge in [0.15, 0.2) is 0 Å². The summed E-state index contributed by atoms with van der Waals surface area (Å²) in [4.78, 5) is 18.1. The first-order valence-electron chi connectivity index (χ1n) is 14.8. The van der Waals surface area contributed by atoms with E-state index in [1.54, 1.807) is 42.5 Å². The second-order valence-electron chi connectivity index (χ2n) is 10.7. The molecule has 0 aromatic heterocycles. The number of quaternary nitrogens is 1. The molecule has 2 aliphatic rings. The monoisotopic (exact) mass is 570 g/mol. The highest BCUT2D eigenvalue weighted by atomic mass is 32.2. The molecule has 0 aliphatic carbocycles. The first-order valence-corrected chi connectivity index (χ1v) is 16.2.